The molecule has 188 valence electrons. The third-order valence-corrected chi connectivity index (χ3v) is 9.05. The molecule has 3 heterocycles. The Bertz CT molecular complexity index is 1520. The standard InChI is InChI=1S/C24H24FN5O4S2/c1-15-14-21(30(28-15)24-27-22-19(25)4-3-5-20(22)35-24)26-23(31)16-10-12-29(13-11-16)36(32,33)18-8-6-17(34-2)7-9-18/h3-9,14,16H,10-13H2,1-2H3,(H,26,31). The van der Waals surface area contributed by atoms with Crippen molar-refractivity contribution < 1.29 is 22.3 Å². The second-order valence-corrected chi connectivity index (χ2v) is 11.5. The quantitative estimate of drug-likeness (QED) is 0.405. The van der Waals surface area contributed by atoms with Crippen LogP contribution in [-0.4, -0.2) is 53.6 Å². The van der Waals surface area contributed by atoms with Gasteiger partial charge in [-0.15, -0.1) is 0 Å². The number of thiazole rings is 1. The van der Waals surface area contributed by atoms with E-state index >= 15 is 0 Å². The van der Waals surface area contributed by atoms with Crippen LogP contribution < -0.4 is 10.1 Å². The Hall–Kier alpha value is -3.35. The molecule has 2 aromatic carbocycles. The fourth-order valence-corrected chi connectivity index (χ4v) is 6.63. The summed E-state index contributed by atoms with van der Waals surface area (Å²) < 4.78 is 48.8. The summed E-state index contributed by atoms with van der Waals surface area (Å²) >= 11 is 1.27. The number of halogens is 1. The van der Waals surface area contributed by atoms with Crippen molar-refractivity contribution in [2.45, 2.75) is 24.7 Å². The fourth-order valence-electron chi connectivity index (χ4n) is 4.21. The summed E-state index contributed by atoms with van der Waals surface area (Å²) in [5.74, 6) is 0.0228. The number of amides is 1. The lowest BCUT2D eigenvalue weighted by Crippen LogP contribution is -2.41. The van der Waals surface area contributed by atoms with E-state index in [4.69, 9.17) is 4.74 Å². The van der Waals surface area contributed by atoms with Crippen molar-refractivity contribution >= 4 is 43.3 Å². The zero-order valence-electron chi connectivity index (χ0n) is 19.6. The molecule has 0 radical (unpaired) electrons. The number of nitrogens with one attached hydrogen (secondary N) is 1. The Kier molecular flexibility index (Phi) is 6.49. The zero-order chi connectivity index (χ0) is 25.4. The molecule has 12 heteroatoms. The smallest absolute Gasteiger partial charge is 0.243 e. The summed E-state index contributed by atoms with van der Waals surface area (Å²) in [7, 11) is -2.14. The molecule has 4 aromatic rings. The number of carbonyl (C=O) groups excluding carboxylic acids is 1. The maximum absolute atomic E-state index is 14.1. The van der Waals surface area contributed by atoms with Crippen molar-refractivity contribution in [3.05, 3.63) is 60.0 Å². The van der Waals surface area contributed by atoms with E-state index in [-0.39, 0.29) is 35.3 Å². The monoisotopic (exact) mass is 529 g/mol. The first-order valence-corrected chi connectivity index (χ1v) is 13.6. The van der Waals surface area contributed by atoms with Gasteiger partial charge in [-0.3, -0.25) is 4.79 Å². The molecule has 1 saturated heterocycles. The van der Waals surface area contributed by atoms with Crippen LogP contribution in [0.2, 0.25) is 0 Å². The van der Waals surface area contributed by atoms with Crippen LogP contribution in [0.15, 0.2) is 53.4 Å². The first-order valence-electron chi connectivity index (χ1n) is 11.3. The molecule has 0 aliphatic carbocycles. The highest BCUT2D eigenvalue weighted by molar-refractivity contribution is 7.89. The van der Waals surface area contributed by atoms with E-state index < -0.39 is 15.8 Å². The Morgan fingerprint density at radius 2 is 1.89 bits per heavy atom. The van der Waals surface area contributed by atoms with Crippen LogP contribution >= 0.6 is 11.3 Å². The van der Waals surface area contributed by atoms with Gasteiger partial charge in [0, 0.05) is 25.1 Å². The molecule has 36 heavy (non-hydrogen) atoms. The molecular formula is C24H24FN5O4S2. The zero-order valence-corrected chi connectivity index (χ0v) is 21.3. The number of para-hydroxylation sites is 1. The normalized spacial score (nSPS) is 15.3. The molecule has 0 saturated carbocycles. The number of fused-ring (bicyclic) bond motifs is 1. The maximum atomic E-state index is 14.1. The van der Waals surface area contributed by atoms with Gasteiger partial charge in [-0.05, 0) is 56.2 Å². The van der Waals surface area contributed by atoms with Gasteiger partial charge in [-0.1, -0.05) is 17.4 Å². The predicted molar refractivity (Wildman–Crippen MR) is 135 cm³/mol. The molecule has 5 rings (SSSR count). The second-order valence-electron chi connectivity index (χ2n) is 8.51. The molecule has 9 nitrogen and oxygen atoms in total. The topological polar surface area (TPSA) is 106 Å². The molecule has 1 aliphatic heterocycles. The lowest BCUT2D eigenvalue weighted by molar-refractivity contribution is -0.120. The number of hydrogen-bond acceptors (Lipinski definition) is 7. The second kappa shape index (κ2) is 9.60. The van der Waals surface area contributed by atoms with E-state index in [9.17, 15) is 17.6 Å². The number of piperidine rings is 1. The maximum Gasteiger partial charge on any atom is 0.243 e. The van der Waals surface area contributed by atoms with Crippen LogP contribution in [0.5, 0.6) is 5.75 Å². The number of nitrogens with zero attached hydrogens (tertiary/aromatic N) is 4. The van der Waals surface area contributed by atoms with Crippen LogP contribution in [0.4, 0.5) is 10.2 Å². The van der Waals surface area contributed by atoms with E-state index in [1.807, 2.05) is 0 Å². The Morgan fingerprint density at radius 1 is 1.17 bits per heavy atom. The number of anilines is 1. The first kappa shape index (κ1) is 24.3. The minimum Gasteiger partial charge on any atom is -0.497 e. The molecule has 1 aliphatic rings. The third-order valence-electron chi connectivity index (χ3n) is 6.14. The number of benzene rings is 2. The van der Waals surface area contributed by atoms with Crippen molar-refractivity contribution in [2.24, 2.45) is 5.92 Å². The van der Waals surface area contributed by atoms with Gasteiger partial charge < -0.3 is 10.1 Å². The summed E-state index contributed by atoms with van der Waals surface area (Å²) in [5.41, 5.74) is 0.929. The van der Waals surface area contributed by atoms with E-state index in [0.29, 0.717) is 39.9 Å². The number of aromatic nitrogens is 3. The molecule has 0 atom stereocenters. The number of ether oxygens (including phenoxy) is 1. The fraction of sp³-hybridized carbons (Fsp3) is 0.292. The molecule has 1 fully saturated rings. The lowest BCUT2D eigenvalue weighted by atomic mass is 9.97. The van der Waals surface area contributed by atoms with Crippen molar-refractivity contribution in [1.82, 2.24) is 19.1 Å². The Labute approximate surface area is 211 Å². The number of rotatable bonds is 6. The summed E-state index contributed by atoms with van der Waals surface area (Å²) in [6, 6.07) is 12.7. The van der Waals surface area contributed by atoms with Gasteiger partial charge >= 0.3 is 0 Å². The highest BCUT2D eigenvalue weighted by atomic mass is 32.2. The van der Waals surface area contributed by atoms with Gasteiger partial charge in [-0.25, -0.2) is 17.8 Å². The van der Waals surface area contributed by atoms with Crippen LogP contribution in [-0.2, 0) is 14.8 Å². The van der Waals surface area contributed by atoms with Gasteiger partial charge in [0.25, 0.3) is 0 Å². The van der Waals surface area contributed by atoms with E-state index in [1.165, 1.54) is 45.6 Å². The van der Waals surface area contributed by atoms with E-state index in [2.05, 4.69) is 15.4 Å². The Balaban J connectivity index is 1.28. The number of methoxy groups -OCH3 is 1. The number of sulfonamides is 1. The summed E-state index contributed by atoms with van der Waals surface area (Å²) in [6.07, 6.45) is 0.779. The summed E-state index contributed by atoms with van der Waals surface area (Å²) in [5, 5.41) is 7.78. The minimum atomic E-state index is -3.66. The SMILES string of the molecule is COc1ccc(S(=O)(=O)N2CCC(C(=O)Nc3cc(C)nn3-c3nc4c(F)cccc4s3)CC2)cc1. The molecule has 0 unspecified atom stereocenters. The highest BCUT2D eigenvalue weighted by Crippen LogP contribution is 2.30. The van der Waals surface area contributed by atoms with Gasteiger partial charge in [-0.2, -0.15) is 14.1 Å². The van der Waals surface area contributed by atoms with Crippen LogP contribution in [0, 0.1) is 18.7 Å². The number of hydrogen-bond donors (Lipinski definition) is 1. The third kappa shape index (κ3) is 4.59. The summed E-state index contributed by atoms with van der Waals surface area (Å²) in [4.78, 5) is 17.6. The van der Waals surface area contributed by atoms with Crippen molar-refractivity contribution in [3.63, 3.8) is 0 Å². The lowest BCUT2D eigenvalue weighted by Gasteiger charge is -2.30. The van der Waals surface area contributed by atoms with Crippen LogP contribution in [0.25, 0.3) is 15.3 Å². The first-order chi connectivity index (χ1) is 17.3. The van der Waals surface area contributed by atoms with Gasteiger partial charge in [0.1, 0.15) is 22.9 Å². The number of carbonyl (C=O) groups is 1. The predicted octanol–water partition coefficient (Wildman–Crippen LogP) is 3.98. The molecule has 2 aromatic heterocycles. The summed E-state index contributed by atoms with van der Waals surface area (Å²) in [6.45, 7) is 2.27. The molecule has 1 amide bonds. The van der Waals surface area contributed by atoms with Crippen molar-refractivity contribution in [3.8, 4) is 10.9 Å². The van der Waals surface area contributed by atoms with Crippen molar-refractivity contribution in [1.29, 1.82) is 0 Å². The van der Waals surface area contributed by atoms with Gasteiger partial charge in [0.2, 0.25) is 21.1 Å². The number of aryl methyl sites for hydroxylation is 1. The highest BCUT2D eigenvalue weighted by Gasteiger charge is 2.32. The van der Waals surface area contributed by atoms with Crippen molar-refractivity contribution in [2.75, 3.05) is 25.5 Å². The minimum absolute atomic E-state index is 0.192. The van der Waals surface area contributed by atoms with Crippen LogP contribution in [0.1, 0.15) is 18.5 Å². The largest absolute Gasteiger partial charge is 0.497 e. The average molecular weight is 530 g/mol. The average Bonchev–Trinajstić information content (AvgIpc) is 3.48. The van der Waals surface area contributed by atoms with E-state index in [0.717, 1.165) is 0 Å². The van der Waals surface area contributed by atoms with Gasteiger partial charge in [0.05, 0.1) is 22.4 Å². The molecule has 1 N–H and O–H groups in total. The van der Waals surface area contributed by atoms with E-state index in [1.54, 1.807) is 37.3 Å². The van der Waals surface area contributed by atoms with Gasteiger partial charge in [0.15, 0.2) is 0 Å². The molecule has 0 spiro atoms. The Morgan fingerprint density at radius 3 is 2.56 bits per heavy atom. The molecule has 0 bridgehead atoms. The molecular weight excluding hydrogens is 505 g/mol. The van der Waals surface area contributed by atoms with Crippen LogP contribution in [0.3, 0.4) is 0 Å².